The van der Waals surface area contributed by atoms with E-state index in [1.807, 2.05) is 50.2 Å². The first-order valence-electron chi connectivity index (χ1n) is 16.1. The summed E-state index contributed by atoms with van der Waals surface area (Å²) in [7, 11) is 0. The lowest BCUT2D eigenvalue weighted by Gasteiger charge is -2.30. The maximum absolute atomic E-state index is 12.4. The van der Waals surface area contributed by atoms with E-state index >= 15 is 0 Å². The molecule has 0 spiro atoms. The summed E-state index contributed by atoms with van der Waals surface area (Å²) in [6.07, 6.45) is 14.2. The molecule has 238 valence electrons. The molecule has 0 heterocycles. The molecule has 1 unspecified atom stereocenters. The third-order valence-electron chi connectivity index (χ3n) is 7.82. The molecule has 0 saturated carbocycles. The number of carbonyl (C=O) groups excluding carboxylic acids is 2. The molecule has 1 atom stereocenters. The van der Waals surface area contributed by atoms with Gasteiger partial charge in [-0.05, 0) is 87.9 Å². The minimum Gasteiger partial charge on any atom is -0.494 e. The minimum atomic E-state index is -0.841. The molecule has 2 aromatic carbocycles. The topological polar surface area (TPSA) is 77.3 Å². The van der Waals surface area contributed by atoms with Crippen LogP contribution >= 0.6 is 15.9 Å². The number of alkyl halides is 1. The van der Waals surface area contributed by atoms with Crippen LogP contribution in [-0.4, -0.2) is 29.3 Å². The SMILES string of the molecule is CCCCc1ccc(N=Nc2ccc(OCCCCCCCCCCCOC(=O)C(C)(Br)CC(C)(C)C(C)=O)cc2)cc1. The highest BCUT2D eigenvalue weighted by Gasteiger charge is 2.39. The maximum atomic E-state index is 12.4. The first kappa shape index (κ1) is 36.7. The van der Waals surface area contributed by atoms with Crippen molar-refractivity contribution in [3.63, 3.8) is 0 Å². The second-order valence-corrected chi connectivity index (χ2v) is 14.2. The molecule has 0 fully saturated rings. The number of halogens is 1. The van der Waals surface area contributed by atoms with E-state index in [2.05, 4.69) is 45.2 Å². The third kappa shape index (κ3) is 15.1. The van der Waals surface area contributed by atoms with Crippen LogP contribution in [0.25, 0.3) is 0 Å². The summed E-state index contributed by atoms with van der Waals surface area (Å²) in [5.41, 5.74) is 2.46. The van der Waals surface area contributed by atoms with Crippen LogP contribution in [0.2, 0.25) is 0 Å². The van der Waals surface area contributed by atoms with Gasteiger partial charge in [0.1, 0.15) is 15.9 Å². The molecule has 43 heavy (non-hydrogen) atoms. The number of hydrogen-bond acceptors (Lipinski definition) is 6. The van der Waals surface area contributed by atoms with Gasteiger partial charge in [0, 0.05) is 5.41 Å². The van der Waals surface area contributed by atoms with Gasteiger partial charge in [0.05, 0.1) is 24.6 Å². The van der Waals surface area contributed by atoms with E-state index in [-0.39, 0.29) is 11.8 Å². The second kappa shape index (κ2) is 19.7. The Kier molecular flexibility index (Phi) is 16.8. The number of hydrogen-bond donors (Lipinski definition) is 0. The predicted molar refractivity (Wildman–Crippen MR) is 180 cm³/mol. The molecule has 0 aliphatic rings. The summed E-state index contributed by atoms with van der Waals surface area (Å²) >= 11 is 3.48. The van der Waals surface area contributed by atoms with Crippen molar-refractivity contribution in [2.75, 3.05) is 13.2 Å². The van der Waals surface area contributed by atoms with Gasteiger partial charge in [0.15, 0.2) is 0 Å². The number of rotatable bonds is 22. The van der Waals surface area contributed by atoms with E-state index in [4.69, 9.17) is 9.47 Å². The molecule has 0 aliphatic carbocycles. The number of esters is 1. The Balaban J connectivity index is 1.47. The average molecular weight is 658 g/mol. The Morgan fingerprint density at radius 1 is 0.721 bits per heavy atom. The largest absolute Gasteiger partial charge is 0.494 e. The van der Waals surface area contributed by atoms with Crippen LogP contribution in [0.1, 0.15) is 117 Å². The first-order valence-corrected chi connectivity index (χ1v) is 16.9. The quantitative estimate of drug-likeness (QED) is 0.0546. The summed E-state index contributed by atoms with van der Waals surface area (Å²) < 4.78 is 10.5. The van der Waals surface area contributed by atoms with Crippen molar-refractivity contribution in [2.45, 2.75) is 122 Å². The number of ether oxygens (including phenoxy) is 2. The van der Waals surface area contributed by atoms with Crippen LogP contribution in [0, 0.1) is 5.41 Å². The van der Waals surface area contributed by atoms with E-state index in [9.17, 15) is 9.59 Å². The van der Waals surface area contributed by atoms with Gasteiger partial charge >= 0.3 is 5.97 Å². The molecule has 0 aliphatic heterocycles. The lowest BCUT2D eigenvalue weighted by atomic mass is 9.80. The fourth-order valence-electron chi connectivity index (χ4n) is 4.81. The molecule has 6 nitrogen and oxygen atoms in total. The zero-order chi connectivity index (χ0) is 31.6. The van der Waals surface area contributed by atoms with Crippen LogP contribution in [-0.2, 0) is 20.7 Å². The summed E-state index contributed by atoms with van der Waals surface area (Å²) in [6.45, 7) is 10.4. The number of unbranched alkanes of at least 4 members (excludes halogenated alkanes) is 9. The second-order valence-electron chi connectivity index (χ2n) is 12.4. The zero-order valence-electron chi connectivity index (χ0n) is 27.1. The van der Waals surface area contributed by atoms with E-state index in [0.717, 1.165) is 55.8 Å². The number of carbonyl (C=O) groups is 2. The molecule has 0 bridgehead atoms. The summed E-state index contributed by atoms with van der Waals surface area (Å²) in [5, 5.41) is 8.69. The van der Waals surface area contributed by atoms with Crippen LogP contribution in [0.3, 0.4) is 0 Å². The lowest BCUT2D eigenvalue weighted by Crippen LogP contribution is -2.38. The van der Waals surface area contributed by atoms with Gasteiger partial charge in [-0.3, -0.25) is 9.59 Å². The number of benzene rings is 2. The standard InChI is InChI=1S/C36H53BrN2O4/c1-6-7-17-30-18-20-31(21-19-30)38-39-32-22-24-33(25-23-32)42-26-15-13-11-9-8-10-12-14-16-27-43-34(41)36(5,37)28-35(3,4)29(2)40/h18-25H,6-17,26-28H2,1-5H3. The van der Waals surface area contributed by atoms with E-state index < -0.39 is 9.74 Å². The van der Waals surface area contributed by atoms with E-state index in [1.165, 1.54) is 50.5 Å². The number of azo groups is 1. The van der Waals surface area contributed by atoms with Crippen LogP contribution in [0.5, 0.6) is 5.75 Å². The Morgan fingerprint density at radius 2 is 1.21 bits per heavy atom. The van der Waals surface area contributed by atoms with Gasteiger partial charge in [-0.25, -0.2) is 0 Å². The fourth-order valence-corrected chi connectivity index (χ4v) is 5.62. The molecular weight excluding hydrogens is 604 g/mol. The van der Waals surface area contributed by atoms with Gasteiger partial charge < -0.3 is 9.47 Å². The Morgan fingerprint density at radius 3 is 1.72 bits per heavy atom. The molecule has 0 amide bonds. The smallest absolute Gasteiger partial charge is 0.322 e. The number of aryl methyl sites for hydroxylation is 1. The predicted octanol–water partition coefficient (Wildman–Crippen LogP) is 11.0. The minimum absolute atomic E-state index is 0.0696. The van der Waals surface area contributed by atoms with Crippen molar-refractivity contribution in [1.82, 2.24) is 0 Å². The number of nitrogens with zero attached hydrogens (tertiary/aromatic N) is 2. The Hall–Kier alpha value is -2.54. The highest BCUT2D eigenvalue weighted by molar-refractivity contribution is 9.10. The fraction of sp³-hybridized carbons (Fsp3) is 0.611. The van der Waals surface area contributed by atoms with Crippen molar-refractivity contribution < 1.29 is 19.1 Å². The molecule has 0 N–H and O–H groups in total. The number of ketones is 1. The zero-order valence-corrected chi connectivity index (χ0v) is 28.7. The summed E-state index contributed by atoms with van der Waals surface area (Å²) in [6, 6.07) is 16.1. The maximum Gasteiger partial charge on any atom is 0.322 e. The van der Waals surface area contributed by atoms with Crippen LogP contribution < -0.4 is 4.74 Å². The molecular formula is C36H53BrN2O4. The highest BCUT2D eigenvalue weighted by Crippen LogP contribution is 2.35. The van der Waals surface area contributed by atoms with Crippen molar-refractivity contribution in [1.29, 1.82) is 0 Å². The Labute approximate surface area is 268 Å². The average Bonchev–Trinajstić information content (AvgIpc) is 2.97. The highest BCUT2D eigenvalue weighted by atomic mass is 79.9. The molecule has 0 aromatic heterocycles. The van der Waals surface area contributed by atoms with Gasteiger partial charge in [-0.1, -0.05) is 100 Å². The molecule has 0 saturated heterocycles. The molecule has 2 rings (SSSR count). The van der Waals surface area contributed by atoms with Gasteiger partial charge in [-0.15, -0.1) is 0 Å². The van der Waals surface area contributed by atoms with Crippen LogP contribution in [0.4, 0.5) is 11.4 Å². The van der Waals surface area contributed by atoms with E-state index in [1.54, 1.807) is 13.8 Å². The van der Waals surface area contributed by atoms with Crippen molar-refractivity contribution in [3.05, 3.63) is 54.1 Å². The van der Waals surface area contributed by atoms with Crippen molar-refractivity contribution in [3.8, 4) is 5.75 Å². The van der Waals surface area contributed by atoms with Gasteiger partial charge in [0.25, 0.3) is 0 Å². The van der Waals surface area contributed by atoms with Gasteiger partial charge in [0.2, 0.25) is 0 Å². The van der Waals surface area contributed by atoms with E-state index in [0.29, 0.717) is 13.0 Å². The Bertz CT molecular complexity index is 1110. The lowest BCUT2D eigenvalue weighted by molar-refractivity contribution is -0.147. The van der Waals surface area contributed by atoms with Crippen molar-refractivity contribution >= 4 is 39.1 Å². The van der Waals surface area contributed by atoms with Crippen LogP contribution in [0.15, 0.2) is 58.8 Å². The molecule has 7 heteroatoms. The normalized spacial score (nSPS) is 13.2. The van der Waals surface area contributed by atoms with Gasteiger partial charge in [-0.2, -0.15) is 10.2 Å². The number of Topliss-reactive ketones (excluding diaryl/α,β-unsaturated/α-hetero) is 1. The monoisotopic (exact) mass is 656 g/mol. The molecule has 2 aromatic rings. The summed E-state index contributed by atoms with van der Waals surface area (Å²) in [4.78, 5) is 24.2. The third-order valence-corrected chi connectivity index (χ3v) is 8.42. The first-order chi connectivity index (χ1) is 20.5. The summed E-state index contributed by atoms with van der Waals surface area (Å²) in [5.74, 6) is 0.648. The van der Waals surface area contributed by atoms with Crippen molar-refractivity contribution in [2.24, 2.45) is 15.6 Å². The molecule has 0 radical (unpaired) electrons.